The van der Waals surface area contributed by atoms with Crippen LogP contribution >= 0.6 is 0 Å². The molecule has 2 N–H and O–H groups in total. The lowest BCUT2D eigenvalue weighted by Crippen LogP contribution is -2.40. The molecule has 1 fully saturated rings. The van der Waals surface area contributed by atoms with Crippen LogP contribution in [0.3, 0.4) is 0 Å². The molecule has 0 saturated carbocycles. The lowest BCUT2D eigenvalue weighted by molar-refractivity contribution is 0.0729. The van der Waals surface area contributed by atoms with Crippen molar-refractivity contribution in [1.29, 1.82) is 0 Å². The minimum Gasteiger partial charge on any atom is -0.495 e. The van der Waals surface area contributed by atoms with E-state index < -0.39 is 15.9 Å². The molecule has 0 atom stereocenters. The van der Waals surface area contributed by atoms with E-state index in [1.165, 1.54) is 29.7 Å². The van der Waals surface area contributed by atoms with Crippen LogP contribution in [0.2, 0.25) is 0 Å². The van der Waals surface area contributed by atoms with Crippen LogP contribution < -0.4 is 10.1 Å². The molecule has 1 aromatic heterocycles. The van der Waals surface area contributed by atoms with E-state index >= 15 is 0 Å². The quantitative estimate of drug-likeness (QED) is 0.606. The number of benzene rings is 2. The molecule has 10 heteroatoms. The standard InChI is InChI=1S/C21H22N4O5S/c1-29-18-8-7-16(13-19(18)31(27,28)25-9-11-30-12-10-25)23-21(26)17-14-22-24-20(17)15-5-3-2-4-6-15/h2-8,13-14H,9-12H2,1H3,(H,22,24)(H,23,26). The highest BCUT2D eigenvalue weighted by molar-refractivity contribution is 7.89. The Bertz CT molecular complexity index is 1170. The SMILES string of the molecule is COc1ccc(NC(=O)c2cn[nH]c2-c2ccccc2)cc1S(=O)(=O)N1CCOCC1. The number of carbonyl (C=O) groups excluding carboxylic acids is 1. The summed E-state index contributed by atoms with van der Waals surface area (Å²) in [5, 5.41) is 9.59. The van der Waals surface area contributed by atoms with Crippen molar-refractivity contribution >= 4 is 21.6 Å². The molecular formula is C21H22N4O5S. The van der Waals surface area contributed by atoms with Gasteiger partial charge in [0.05, 0.1) is 37.8 Å². The van der Waals surface area contributed by atoms with Gasteiger partial charge in [-0.25, -0.2) is 8.42 Å². The summed E-state index contributed by atoms with van der Waals surface area (Å²) in [7, 11) is -2.40. The monoisotopic (exact) mass is 442 g/mol. The van der Waals surface area contributed by atoms with Crippen molar-refractivity contribution in [2.45, 2.75) is 4.90 Å². The Kier molecular flexibility index (Phi) is 6.03. The van der Waals surface area contributed by atoms with Gasteiger partial charge in [-0.1, -0.05) is 30.3 Å². The molecule has 1 amide bonds. The van der Waals surface area contributed by atoms with Crippen molar-refractivity contribution in [3.63, 3.8) is 0 Å². The number of morpholine rings is 1. The predicted molar refractivity (Wildman–Crippen MR) is 115 cm³/mol. The number of rotatable bonds is 6. The maximum atomic E-state index is 13.1. The molecule has 9 nitrogen and oxygen atoms in total. The van der Waals surface area contributed by atoms with Crippen LogP contribution in [-0.4, -0.2) is 62.2 Å². The summed E-state index contributed by atoms with van der Waals surface area (Å²) in [6.07, 6.45) is 1.44. The zero-order chi connectivity index (χ0) is 21.8. The van der Waals surface area contributed by atoms with E-state index in [1.807, 2.05) is 30.3 Å². The minimum absolute atomic E-state index is 0.00910. The second-order valence-corrected chi connectivity index (χ2v) is 8.77. The summed E-state index contributed by atoms with van der Waals surface area (Å²) in [6, 6.07) is 13.9. The highest BCUT2D eigenvalue weighted by atomic mass is 32.2. The van der Waals surface area contributed by atoms with Crippen molar-refractivity contribution < 1.29 is 22.7 Å². The number of aromatic amines is 1. The molecule has 0 bridgehead atoms. The van der Waals surface area contributed by atoms with Crippen LogP contribution in [0.25, 0.3) is 11.3 Å². The van der Waals surface area contributed by atoms with Gasteiger partial charge < -0.3 is 14.8 Å². The Morgan fingerprint density at radius 1 is 1.16 bits per heavy atom. The molecule has 1 aliphatic heterocycles. The van der Waals surface area contributed by atoms with E-state index in [1.54, 1.807) is 6.07 Å². The first-order valence-electron chi connectivity index (χ1n) is 9.67. The number of hydrogen-bond donors (Lipinski definition) is 2. The van der Waals surface area contributed by atoms with Gasteiger partial charge in [0.25, 0.3) is 5.91 Å². The Balaban J connectivity index is 1.63. The zero-order valence-electron chi connectivity index (χ0n) is 16.9. The van der Waals surface area contributed by atoms with Gasteiger partial charge in [0.15, 0.2) is 0 Å². The van der Waals surface area contributed by atoms with Crippen molar-refractivity contribution in [2.24, 2.45) is 0 Å². The third kappa shape index (κ3) is 4.31. The molecule has 1 aliphatic rings. The second-order valence-electron chi connectivity index (χ2n) is 6.86. The number of amides is 1. The van der Waals surface area contributed by atoms with E-state index in [4.69, 9.17) is 9.47 Å². The number of sulfonamides is 1. The van der Waals surface area contributed by atoms with Gasteiger partial charge in [0.1, 0.15) is 10.6 Å². The van der Waals surface area contributed by atoms with Crippen LogP contribution in [0.1, 0.15) is 10.4 Å². The molecule has 0 radical (unpaired) electrons. The van der Waals surface area contributed by atoms with Crippen molar-refractivity contribution in [2.75, 3.05) is 38.7 Å². The van der Waals surface area contributed by atoms with Crippen molar-refractivity contribution in [1.82, 2.24) is 14.5 Å². The summed E-state index contributed by atoms with van der Waals surface area (Å²) in [6.45, 7) is 1.19. The Morgan fingerprint density at radius 3 is 2.61 bits per heavy atom. The molecule has 162 valence electrons. The fraction of sp³-hybridized carbons (Fsp3) is 0.238. The van der Waals surface area contributed by atoms with Gasteiger partial charge in [0.2, 0.25) is 10.0 Å². The summed E-state index contributed by atoms with van der Waals surface area (Å²) in [5.74, 6) is -0.203. The van der Waals surface area contributed by atoms with E-state index in [2.05, 4.69) is 15.5 Å². The normalized spacial score (nSPS) is 14.9. The van der Waals surface area contributed by atoms with E-state index in [9.17, 15) is 13.2 Å². The number of hydrogen-bond acceptors (Lipinski definition) is 6. The van der Waals surface area contributed by atoms with Gasteiger partial charge in [-0.2, -0.15) is 9.40 Å². The van der Waals surface area contributed by atoms with Gasteiger partial charge in [0, 0.05) is 24.3 Å². The smallest absolute Gasteiger partial charge is 0.259 e. The first-order valence-corrected chi connectivity index (χ1v) is 11.1. The lowest BCUT2D eigenvalue weighted by atomic mass is 10.1. The van der Waals surface area contributed by atoms with Crippen LogP contribution in [0.15, 0.2) is 59.6 Å². The fourth-order valence-corrected chi connectivity index (χ4v) is 4.95. The number of nitrogens with zero attached hydrogens (tertiary/aromatic N) is 2. The number of H-pyrrole nitrogens is 1. The van der Waals surface area contributed by atoms with Crippen molar-refractivity contribution in [3.05, 3.63) is 60.3 Å². The average molecular weight is 442 g/mol. The average Bonchev–Trinajstić information content (AvgIpc) is 3.30. The molecule has 1 saturated heterocycles. The van der Waals surface area contributed by atoms with Gasteiger partial charge >= 0.3 is 0 Å². The molecule has 0 aliphatic carbocycles. The molecule has 3 aromatic rings. The Morgan fingerprint density at radius 2 is 1.90 bits per heavy atom. The van der Waals surface area contributed by atoms with E-state index in [0.29, 0.717) is 30.2 Å². The summed E-state index contributed by atoms with van der Waals surface area (Å²) < 4.78 is 38.1. The van der Waals surface area contributed by atoms with Crippen molar-refractivity contribution in [3.8, 4) is 17.0 Å². The maximum Gasteiger partial charge on any atom is 0.259 e. The number of methoxy groups -OCH3 is 1. The van der Waals surface area contributed by atoms with E-state index in [-0.39, 0.29) is 23.7 Å². The molecule has 0 spiro atoms. The number of ether oxygens (including phenoxy) is 2. The third-order valence-corrected chi connectivity index (χ3v) is 6.88. The highest BCUT2D eigenvalue weighted by Crippen LogP contribution is 2.31. The van der Waals surface area contributed by atoms with Gasteiger partial charge in [-0.3, -0.25) is 9.89 Å². The molecule has 31 heavy (non-hydrogen) atoms. The molecule has 2 heterocycles. The number of anilines is 1. The molecule has 2 aromatic carbocycles. The summed E-state index contributed by atoms with van der Waals surface area (Å²) >= 11 is 0. The summed E-state index contributed by atoms with van der Waals surface area (Å²) in [4.78, 5) is 12.9. The third-order valence-electron chi connectivity index (χ3n) is 4.96. The second kappa shape index (κ2) is 8.88. The zero-order valence-corrected chi connectivity index (χ0v) is 17.7. The maximum absolute atomic E-state index is 13.1. The number of aromatic nitrogens is 2. The molecular weight excluding hydrogens is 420 g/mol. The fourth-order valence-electron chi connectivity index (χ4n) is 3.36. The van der Waals surface area contributed by atoms with Crippen LogP contribution in [-0.2, 0) is 14.8 Å². The van der Waals surface area contributed by atoms with Crippen LogP contribution in [0.4, 0.5) is 5.69 Å². The Labute approximate surface area is 180 Å². The first kappa shape index (κ1) is 21.0. The Hall–Kier alpha value is -3.21. The summed E-state index contributed by atoms with van der Waals surface area (Å²) in [5.41, 5.74) is 2.07. The van der Waals surface area contributed by atoms with Crippen LogP contribution in [0.5, 0.6) is 5.75 Å². The van der Waals surface area contributed by atoms with Gasteiger partial charge in [-0.15, -0.1) is 0 Å². The largest absolute Gasteiger partial charge is 0.495 e. The first-order chi connectivity index (χ1) is 15.0. The van der Waals surface area contributed by atoms with Crippen LogP contribution in [0, 0.1) is 0 Å². The highest BCUT2D eigenvalue weighted by Gasteiger charge is 2.29. The number of carbonyl (C=O) groups is 1. The topological polar surface area (TPSA) is 114 Å². The minimum atomic E-state index is -3.81. The van der Waals surface area contributed by atoms with Gasteiger partial charge in [-0.05, 0) is 18.2 Å². The molecule has 4 rings (SSSR count). The predicted octanol–water partition coefficient (Wildman–Crippen LogP) is 2.36. The molecule has 0 unspecified atom stereocenters. The number of nitrogens with one attached hydrogen (secondary N) is 2. The van der Waals surface area contributed by atoms with E-state index in [0.717, 1.165) is 5.56 Å². The lowest BCUT2D eigenvalue weighted by Gasteiger charge is -2.26.